The van der Waals surface area contributed by atoms with Gasteiger partial charge in [-0.3, -0.25) is 9.80 Å². The van der Waals surface area contributed by atoms with Crippen molar-refractivity contribution in [3.05, 3.63) is 120 Å². The Morgan fingerprint density at radius 1 is 0.667 bits per heavy atom. The first-order chi connectivity index (χ1) is 23.2. The molecule has 1 saturated carbocycles. The van der Waals surface area contributed by atoms with E-state index in [0.717, 1.165) is 41.5 Å². The largest absolute Gasteiger partial charge is 0.445 e. The third-order valence-corrected chi connectivity index (χ3v) is 8.99. The van der Waals surface area contributed by atoms with Crippen molar-refractivity contribution < 1.29 is 19.1 Å². The predicted octanol–water partition coefficient (Wildman–Crippen LogP) is 7.46. The van der Waals surface area contributed by atoms with Crippen LogP contribution in [-0.4, -0.2) is 46.9 Å². The van der Waals surface area contributed by atoms with Gasteiger partial charge in [-0.15, -0.1) is 0 Å². The van der Waals surface area contributed by atoms with Gasteiger partial charge in [0, 0.05) is 59.6 Å². The number of benzene rings is 2. The summed E-state index contributed by atoms with van der Waals surface area (Å²) in [5, 5.41) is 0. The van der Waals surface area contributed by atoms with E-state index in [0.29, 0.717) is 30.6 Å². The number of hydrogen-bond acceptors (Lipinski definition) is 6. The molecule has 242 valence electrons. The minimum Gasteiger partial charge on any atom is -0.445 e. The molecule has 1 aliphatic carbocycles. The van der Waals surface area contributed by atoms with Crippen molar-refractivity contribution in [1.29, 1.82) is 0 Å². The molecule has 2 aromatic carbocycles. The normalized spacial score (nSPS) is 20.8. The van der Waals surface area contributed by atoms with Crippen molar-refractivity contribution >= 4 is 23.8 Å². The molecular weight excluding hydrogens is 600 g/mol. The van der Waals surface area contributed by atoms with Gasteiger partial charge in [-0.2, -0.15) is 0 Å². The molecule has 2 aliphatic heterocycles. The Kier molecular flexibility index (Phi) is 9.73. The fourth-order valence-electron chi connectivity index (χ4n) is 5.76. The van der Waals surface area contributed by atoms with E-state index >= 15 is 0 Å². The molecule has 8 heteroatoms. The van der Waals surface area contributed by atoms with Gasteiger partial charge in [0.05, 0.1) is 0 Å². The lowest BCUT2D eigenvalue weighted by Crippen LogP contribution is -2.52. The van der Waals surface area contributed by atoms with Crippen molar-refractivity contribution in [1.82, 2.24) is 9.97 Å². The summed E-state index contributed by atoms with van der Waals surface area (Å²) < 4.78 is 11.0. The zero-order chi connectivity index (χ0) is 33.5. The van der Waals surface area contributed by atoms with Crippen LogP contribution < -0.4 is 9.80 Å². The van der Waals surface area contributed by atoms with Gasteiger partial charge in [-0.05, 0) is 81.6 Å². The van der Waals surface area contributed by atoms with Crippen LogP contribution in [0.15, 0.2) is 97.3 Å². The maximum atomic E-state index is 12.2. The fraction of sp³-hybridized carbons (Fsp3) is 0.300. The Balaban J connectivity index is 0.000000167. The lowest BCUT2D eigenvalue weighted by Gasteiger charge is -2.41. The molecule has 4 aromatic rings. The highest BCUT2D eigenvalue weighted by Crippen LogP contribution is 2.34. The maximum absolute atomic E-state index is 12.2. The van der Waals surface area contributed by atoms with Crippen LogP contribution in [0.3, 0.4) is 0 Å². The lowest BCUT2D eigenvalue weighted by atomic mass is 9.91. The molecular formula is C40H38N4O4. The third-order valence-electron chi connectivity index (χ3n) is 8.99. The van der Waals surface area contributed by atoms with Crippen LogP contribution in [0, 0.1) is 35.5 Å². The molecule has 2 amide bonds. The standard InChI is InChI=1S/C20H18N2O2.C20H20N2O2/c23-20-22(14-17-7-4-8-18(17)24-20)19-12-11-16(13-21-19)10-9-15-5-2-1-3-6-15;1-15-14-22(19(23)24-20(15,2)3)18-12-11-17(13-21-18)10-9-16-7-5-4-6-8-16/h1-3,5-6,11-13,17-18H,4,7-8,14H2;4-8,11-13,15H,14H2,1-3H3. The zero-order valence-electron chi connectivity index (χ0n) is 27.4. The summed E-state index contributed by atoms with van der Waals surface area (Å²) in [5.41, 5.74) is 3.10. The molecule has 3 atom stereocenters. The van der Waals surface area contributed by atoms with E-state index in [1.165, 1.54) is 0 Å². The van der Waals surface area contributed by atoms with Crippen molar-refractivity contribution in [2.24, 2.45) is 11.8 Å². The molecule has 2 saturated heterocycles. The second-order valence-corrected chi connectivity index (χ2v) is 12.7. The predicted molar refractivity (Wildman–Crippen MR) is 185 cm³/mol. The maximum Gasteiger partial charge on any atom is 0.416 e. The number of carbonyl (C=O) groups excluding carboxylic acids is 2. The summed E-state index contributed by atoms with van der Waals surface area (Å²) in [7, 11) is 0. The Labute approximate surface area is 282 Å². The van der Waals surface area contributed by atoms with Gasteiger partial charge in [0.15, 0.2) is 0 Å². The van der Waals surface area contributed by atoms with Gasteiger partial charge < -0.3 is 9.47 Å². The fourth-order valence-corrected chi connectivity index (χ4v) is 5.76. The van der Waals surface area contributed by atoms with Gasteiger partial charge in [-0.1, -0.05) is 67.0 Å². The molecule has 3 fully saturated rings. The van der Waals surface area contributed by atoms with Crippen molar-refractivity contribution in [2.45, 2.75) is 51.7 Å². The quantitative estimate of drug-likeness (QED) is 0.212. The topological polar surface area (TPSA) is 84.9 Å². The summed E-state index contributed by atoms with van der Waals surface area (Å²) in [6.45, 7) is 7.23. The van der Waals surface area contributed by atoms with Crippen LogP contribution in [0.2, 0.25) is 0 Å². The van der Waals surface area contributed by atoms with Gasteiger partial charge in [0.1, 0.15) is 23.3 Å². The highest BCUT2D eigenvalue weighted by atomic mass is 16.6. The van der Waals surface area contributed by atoms with Gasteiger partial charge in [-0.25, -0.2) is 19.6 Å². The molecule has 3 unspecified atom stereocenters. The monoisotopic (exact) mass is 638 g/mol. The number of ether oxygens (including phenoxy) is 2. The molecule has 0 spiro atoms. The van der Waals surface area contributed by atoms with E-state index in [-0.39, 0.29) is 24.2 Å². The average Bonchev–Trinajstić information content (AvgIpc) is 3.56. The molecule has 0 radical (unpaired) electrons. The van der Waals surface area contributed by atoms with Crippen LogP contribution in [0.1, 0.15) is 62.3 Å². The van der Waals surface area contributed by atoms with E-state index < -0.39 is 5.60 Å². The second-order valence-electron chi connectivity index (χ2n) is 12.7. The van der Waals surface area contributed by atoms with Crippen LogP contribution in [0.5, 0.6) is 0 Å². The number of rotatable bonds is 2. The summed E-state index contributed by atoms with van der Waals surface area (Å²) >= 11 is 0. The number of hydrogen-bond donors (Lipinski definition) is 0. The smallest absolute Gasteiger partial charge is 0.416 e. The molecule has 48 heavy (non-hydrogen) atoms. The van der Waals surface area contributed by atoms with Crippen molar-refractivity contribution in [3.8, 4) is 23.7 Å². The first-order valence-corrected chi connectivity index (χ1v) is 16.3. The number of cyclic esters (lactones) is 1. The molecule has 0 bridgehead atoms. The summed E-state index contributed by atoms with van der Waals surface area (Å²) in [6.07, 6.45) is 6.10. The van der Waals surface area contributed by atoms with E-state index in [1.54, 1.807) is 28.3 Å². The first kappa shape index (κ1) is 32.3. The van der Waals surface area contributed by atoms with Gasteiger partial charge in [0.2, 0.25) is 0 Å². The van der Waals surface area contributed by atoms with Crippen molar-refractivity contribution in [2.75, 3.05) is 22.9 Å². The average molecular weight is 639 g/mol. The van der Waals surface area contributed by atoms with E-state index in [1.807, 2.05) is 92.7 Å². The number of fused-ring (bicyclic) bond motifs is 1. The summed E-state index contributed by atoms with van der Waals surface area (Å²) in [4.78, 5) is 36.3. The van der Waals surface area contributed by atoms with Gasteiger partial charge in [0.25, 0.3) is 0 Å². The Hall–Kier alpha value is -5.60. The van der Waals surface area contributed by atoms with E-state index in [2.05, 4.69) is 40.6 Å². The number of nitrogens with zero attached hydrogens (tertiary/aromatic N) is 4. The Morgan fingerprint density at radius 2 is 1.19 bits per heavy atom. The van der Waals surface area contributed by atoms with Crippen molar-refractivity contribution in [3.63, 3.8) is 0 Å². The summed E-state index contributed by atoms with van der Waals surface area (Å²) in [5.74, 6) is 14.2. The Morgan fingerprint density at radius 3 is 1.71 bits per heavy atom. The minimum absolute atomic E-state index is 0.102. The summed E-state index contributed by atoms with van der Waals surface area (Å²) in [6, 6.07) is 27.0. The molecule has 7 rings (SSSR count). The molecule has 2 aromatic heterocycles. The Bertz CT molecular complexity index is 1750. The number of amides is 2. The minimum atomic E-state index is -0.450. The molecule has 4 heterocycles. The third kappa shape index (κ3) is 7.85. The highest BCUT2D eigenvalue weighted by molar-refractivity contribution is 5.88. The van der Waals surface area contributed by atoms with Crippen LogP contribution in [0.25, 0.3) is 0 Å². The first-order valence-electron chi connectivity index (χ1n) is 16.3. The number of pyridine rings is 2. The van der Waals surface area contributed by atoms with E-state index in [4.69, 9.17) is 9.47 Å². The van der Waals surface area contributed by atoms with Crippen LogP contribution >= 0.6 is 0 Å². The van der Waals surface area contributed by atoms with Gasteiger partial charge >= 0.3 is 12.2 Å². The number of anilines is 2. The SMILES string of the molecule is CC1CN(c2ccc(C#Cc3ccccc3)cn2)C(=O)OC1(C)C.O=C1OC2CCCC2CN1c1ccc(C#Cc2ccccc2)cn1. The lowest BCUT2D eigenvalue weighted by molar-refractivity contribution is -0.0125. The number of carbonyl (C=O) groups is 2. The molecule has 8 nitrogen and oxygen atoms in total. The highest BCUT2D eigenvalue weighted by Gasteiger charge is 2.40. The van der Waals surface area contributed by atoms with Crippen LogP contribution in [0.4, 0.5) is 21.2 Å². The second kappa shape index (κ2) is 14.4. The zero-order valence-corrected chi connectivity index (χ0v) is 27.4. The molecule has 0 N–H and O–H groups in total. The molecule has 3 aliphatic rings. The van der Waals surface area contributed by atoms with Crippen LogP contribution in [-0.2, 0) is 9.47 Å². The number of aromatic nitrogens is 2. The van der Waals surface area contributed by atoms with E-state index in [9.17, 15) is 9.59 Å².